The molecular weight excluding hydrogens is 321 g/mol. The molecule has 1 aliphatic rings. The molecule has 1 unspecified atom stereocenters. The van der Waals surface area contributed by atoms with E-state index in [-0.39, 0.29) is 12.0 Å². The molecule has 0 bridgehead atoms. The van der Waals surface area contributed by atoms with E-state index in [0.717, 1.165) is 18.4 Å². The second kappa shape index (κ2) is 6.97. The van der Waals surface area contributed by atoms with Gasteiger partial charge in [-0.2, -0.15) is 0 Å². The van der Waals surface area contributed by atoms with Crippen molar-refractivity contribution in [3.05, 3.63) is 63.9 Å². The van der Waals surface area contributed by atoms with Crippen molar-refractivity contribution in [2.75, 3.05) is 0 Å². The lowest BCUT2D eigenvalue weighted by Gasteiger charge is -2.38. The van der Waals surface area contributed by atoms with Gasteiger partial charge in [0, 0.05) is 0 Å². The molecule has 0 aliphatic heterocycles. The van der Waals surface area contributed by atoms with E-state index in [0.29, 0.717) is 16.9 Å². The lowest BCUT2D eigenvalue weighted by Crippen LogP contribution is -2.35. The van der Waals surface area contributed by atoms with Crippen LogP contribution in [0.25, 0.3) is 0 Å². The maximum Gasteiger partial charge on any atom is 0.131 e. The second-order valence-electron chi connectivity index (χ2n) is 5.64. The van der Waals surface area contributed by atoms with Crippen molar-refractivity contribution in [1.82, 2.24) is 4.98 Å². The number of rotatable bonds is 5. The summed E-state index contributed by atoms with van der Waals surface area (Å²) in [6, 6.07) is 13.4. The summed E-state index contributed by atoms with van der Waals surface area (Å²) < 4.78 is 5.85. The third-order valence-corrected chi connectivity index (χ3v) is 4.42. The van der Waals surface area contributed by atoms with Crippen molar-refractivity contribution >= 4 is 23.2 Å². The van der Waals surface area contributed by atoms with Gasteiger partial charge in [-0.15, -0.1) is 0 Å². The molecule has 0 saturated heterocycles. The van der Waals surface area contributed by atoms with Crippen LogP contribution in [-0.2, 0) is 11.3 Å². The zero-order valence-electron chi connectivity index (χ0n) is 12.0. The van der Waals surface area contributed by atoms with Crippen molar-refractivity contribution in [3.63, 3.8) is 0 Å². The Bertz CT molecular complexity index is 610. The number of halogens is 2. The van der Waals surface area contributed by atoms with Crippen LogP contribution in [0.4, 0.5) is 0 Å². The molecule has 1 N–H and O–H groups in total. The van der Waals surface area contributed by atoms with Crippen molar-refractivity contribution in [2.24, 2.45) is 5.92 Å². The number of pyridine rings is 1. The Kier molecular flexibility index (Phi) is 4.99. The molecule has 2 aromatic rings. The smallest absolute Gasteiger partial charge is 0.131 e. The van der Waals surface area contributed by atoms with Gasteiger partial charge >= 0.3 is 0 Å². The Morgan fingerprint density at radius 1 is 1.14 bits per heavy atom. The number of ether oxygens (including phenoxy) is 1. The van der Waals surface area contributed by atoms with Gasteiger partial charge in [0.25, 0.3) is 0 Å². The van der Waals surface area contributed by atoms with Crippen molar-refractivity contribution < 1.29 is 9.84 Å². The number of hydrogen-bond donors (Lipinski definition) is 1. The van der Waals surface area contributed by atoms with Gasteiger partial charge in [0.05, 0.1) is 18.8 Å². The van der Waals surface area contributed by atoms with Gasteiger partial charge in [-0.05, 0) is 42.0 Å². The van der Waals surface area contributed by atoms with E-state index in [4.69, 9.17) is 27.9 Å². The minimum atomic E-state index is -0.574. The van der Waals surface area contributed by atoms with Crippen LogP contribution in [-0.4, -0.2) is 16.2 Å². The normalized spacial score (nSPS) is 22.1. The maximum absolute atomic E-state index is 10.4. The zero-order valence-corrected chi connectivity index (χ0v) is 13.5. The monoisotopic (exact) mass is 337 g/mol. The van der Waals surface area contributed by atoms with E-state index in [9.17, 15) is 5.11 Å². The predicted molar refractivity (Wildman–Crippen MR) is 87.0 cm³/mol. The van der Waals surface area contributed by atoms with Crippen LogP contribution in [0.15, 0.2) is 42.5 Å². The van der Waals surface area contributed by atoms with Crippen LogP contribution in [0.2, 0.25) is 10.3 Å². The molecule has 1 aliphatic carbocycles. The van der Waals surface area contributed by atoms with E-state index in [1.54, 1.807) is 12.1 Å². The molecule has 116 valence electrons. The Morgan fingerprint density at radius 2 is 1.77 bits per heavy atom. The van der Waals surface area contributed by atoms with Crippen LogP contribution in [0, 0.1) is 5.92 Å². The average Bonchev–Trinajstić information content (AvgIpc) is 2.45. The van der Waals surface area contributed by atoms with Crippen molar-refractivity contribution in [2.45, 2.75) is 31.7 Å². The summed E-state index contributed by atoms with van der Waals surface area (Å²) in [7, 11) is 0. The quantitative estimate of drug-likeness (QED) is 0.821. The van der Waals surface area contributed by atoms with E-state index in [1.165, 1.54) is 5.56 Å². The lowest BCUT2D eigenvalue weighted by atomic mass is 9.76. The summed E-state index contributed by atoms with van der Waals surface area (Å²) in [6.45, 7) is 0.612. The highest BCUT2D eigenvalue weighted by molar-refractivity contribution is 6.32. The highest BCUT2D eigenvalue weighted by Gasteiger charge is 2.35. The van der Waals surface area contributed by atoms with Gasteiger partial charge in [0.2, 0.25) is 0 Å². The molecule has 1 heterocycles. The molecular formula is C17H17Cl2NO2. The van der Waals surface area contributed by atoms with Gasteiger partial charge in [0.1, 0.15) is 10.3 Å². The Morgan fingerprint density at radius 3 is 2.41 bits per heavy atom. The van der Waals surface area contributed by atoms with Crippen LogP contribution < -0.4 is 0 Å². The molecule has 3 nitrogen and oxygen atoms in total. The summed E-state index contributed by atoms with van der Waals surface area (Å²) in [5, 5.41) is 11.0. The number of aliphatic hydroxyl groups is 1. The lowest BCUT2D eigenvalue weighted by molar-refractivity contribution is -0.0778. The SMILES string of the molecule is OC(c1cc(Cl)nc(Cl)c1)[C@H]1C[C@H](OCc2ccccc2)C1. The third kappa shape index (κ3) is 3.79. The van der Waals surface area contributed by atoms with E-state index >= 15 is 0 Å². The third-order valence-electron chi connectivity index (χ3n) is 4.03. The van der Waals surface area contributed by atoms with Crippen LogP contribution in [0.3, 0.4) is 0 Å². The standard InChI is InChI=1S/C17H17Cl2NO2/c18-15-8-13(9-16(19)20-15)17(21)12-6-14(7-12)22-10-11-4-2-1-3-5-11/h1-5,8-9,12,14,17,21H,6-7,10H2/t12-,14-,17?. The molecule has 0 amide bonds. The molecule has 1 fully saturated rings. The summed E-state index contributed by atoms with van der Waals surface area (Å²) in [6.07, 6.45) is 1.30. The fraction of sp³-hybridized carbons (Fsp3) is 0.353. The highest BCUT2D eigenvalue weighted by Crippen LogP contribution is 2.40. The van der Waals surface area contributed by atoms with Crippen LogP contribution in [0.1, 0.15) is 30.1 Å². The van der Waals surface area contributed by atoms with Gasteiger partial charge < -0.3 is 9.84 Å². The fourth-order valence-electron chi connectivity index (χ4n) is 2.71. The van der Waals surface area contributed by atoms with E-state index < -0.39 is 6.10 Å². The summed E-state index contributed by atoms with van der Waals surface area (Å²) in [5.74, 6) is 0.176. The van der Waals surface area contributed by atoms with Crippen LogP contribution in [0.5, 0.6) is 0 Å². The van der Waals surface area contributed by atoms with Gasteiger partial charge in [-0.25, -0.2) is 4.98 Å². The Balaban J connectivity index is 1.50. The number of nitrogens with zero attached hydrogens (tertiary/aromatic N) is 1. The van der Waals surface area contributed by atoms with Gasteiger partial charge in [0.15, 0.2) is 0 Å². The number of benzene rings is 1. The molecule has 1 aromatic carbocycles. The van der Waals surface area contributed by atoms with Crippen molar-refractivity contribution in [1.29, 1.82) is 0 Å². The minimum Gasteiger partial charge on any atom is -0.388 e. The maximum atomic E-state index is 10.4. The van der Waals surface area contributed by atoms with Gasteiger partial charge in [-0.3, -0.25) is 0 Å². The summed E-state index contributed by atoms with van der Waals surface area (Å²) in [4.78, 5) is 3.89. The predicted octanol–water partition coefficient (Wildman–Crippen LogP) is 4.42. The molecule has 22 heavy (non-hydrogen) atoms. The number of aromatic nitrogens is 1. The molecule has 0 radical (unpaired) electrons. The van der Waals surface area contributed by atoms with E-state index in [1.807, 2.05) is 30.3 Å². The molecule has 0 spiro atoms. The first kappa shape index (κ1) is 15.8. The Hall–Kier alpha value is -1.13. The summed E-state index contributed by atoms with van der Waals surface area (Å²) >= 11 is 11.7. The topological polar surface area (TPSA) is 42.4 Å². The van der Waals surface area contributed by atoms with Crippen LogP contribution >= 0.6 is 23.2 Å². The molecule has 1 atom stereocenters. The Labute approximate surface area is 139 Å². The molecule has 1 aromatic heterocycles. The highest BCUT2D eigenvalue weighted by atomic mass is 35.5. The van der Waals surface area contributed by atoms with E-state index in [2.05, 4.69) is 4.98 Å². The first-order valence-corrected chi connectivity index (χ1v) is 8.04. The molecule has 3 rings (SSSR count). The first-order valence-electron chi connectivity index (χ1n) is 7.28. The molecule has 1 saturated carbocycles. The minimum absolute atomic E-state index is 0.176. The molecule has 5 heteroatoms. The first-order chi connectivity index (χ1) is 10.6. The largest absolute Gasteiger partial charge is 0.388 e. The number of aliphatic hydroxyl groups excluding tert-OH is 1. The average molecular weight is 338 g/mol. The zero-order chi connectivity index (χ0) is 15.5. The summed E-state index contributed by atoms with van der Waals surface area (Å²) in [5.41, 5.74) is 1.88. The second-order valence-corrected chi connectivity index (χ2v) is 6.42. The number of hydrogen-bond acceptors (Lipinski definition) is 3. The fourth-order valence-corrected chi connectivity index (χ4v) is 3.19. The van der Waals surface area contributed by atoms with Gasteiger partial charge in [-0.1, -0.05) is 53.5 Å². The van der Waals surface area contributed by atoms with Crippen molar-refractivity contribution in [3.8, 4) is 0 Å².